The van der Waals surface area contributed by atoms with Crippen LogP contribution in [0.2, 0.25) is 0 Å². The van der Waals surface area contributed by atoms with Crippen molar-refractivity contribution in [1.29, 1.82) is 0 Å². The molecule has 0 radical (unpaired) electrons. The molecule has 0 spiro atoms. The van der Waals surface area contributed by atoms with Crippen LogP contribution in [0.25, 0.3) is 0 Å². The zero-order valence-electron chi connectivity index (χ0n) is 12.6. The Hall–Kier alpha value is -1.15. The van der Waals surface area contributed by atoms with Gasteiger partial charge < -0.3 is 11.1 Å². The van der Waals surface area contributed by atoms with Gasteiger partial charge in [-0.3, -0.25) is 4.79 Å². The smallest absolute Gasteiger partial charge is 0.240 e. The van der Waals surface area contributed by atoms with Crippen molar-refractivity contribution in [1.82, 2.24) is 4.72 Å². The molecule has 2 rings (SSSR count). The molecule has 0 bridgehead atoms. The topological polar surface area (TPSA) is 101 Å². The molecule has 1 aliphatic rings. The zero-order chi connectivity index (χ0) is 15.6. The predicted octanol–water partition coefficient (Wildman–Crippen LogP) is 1.39. The lowest BCUT2D eigenvalue weighted by Crippen LogP contribution is -2.34. The van der Waals surface area contributed by atoms with Crippen molar-refractivity contribution in [2.45, 2.75) is 37.1 Å². The van der Waals surface area contributed by atoms with Gasteiger partial charge in [0.05, 0.1) is 10.8 Å². The van der Waals surface area contributed by atoms with Gasteiger partial charge >= 0.3 is 0 Å². The summed E-state index contributed by atoms with van der Waals surface area (Å²) in [6.07, 6.45) is 2.58. The van der Waals surface area contributed by atoms with Crippen LogP contribution in [0.15, 0.2) is 23.1 Å². The Morgan fingerprint density at radius 2 is 2.00 bits per heavy atom. The lowest BCUT2D eigenvalue weighted by molar-refractivity contribution is -0.120. The van der Waals surface area contributed by atoms with Gasteiger partial charge in [-0.05, 0) is 44.5 Å². The molecule has 1 aliphatic carbocycles. The number of carbonyl (C=O) groups excluding carboxylic acids is 1. The Kier molecular flexibility index (Phi) is 6.37. The molecule has 22 heavy (non-hydrogen) atoms. The van der Waals surface area contributed by atoms with Crippen LogP contribution in [0.4, 0.5) is 5.69 Å². The van der Waals surface area contributed by atoms with E-state index in [4.69, 9.17) is 5.73 Å². The van der Waals surface area contributed by atoms with Gasteiger partial charge in [0.25, 0.3) is 0 Å². The van der Waals surface area contributed by atoms with Crippen LogP contribution in [-0.4, -0.2) is 27.4 Å². The van der Waals surface area contributed by atoms with Crippen molar-refractivity contribution in [3.63, 3.8) is 0 Å². The molecule has 0 aliphatic heterocycles. The van der Waals surface area contributed by atoms with Gasteiger partial charge in [0.1, 0.15) is 0 Å². The van der Waals surface area contributed by atoms with E-state index < -0.39 is 10.0 Å². The fourth-order valence-electron chi connectivity index (χ4n) is 2.63. The van der Waals surface area contributed by atoms with Gasteiger partial charge in [-0.25, -0.2) is 13.1 Å². The molecule has 6 nitrogen and oxygen atoms in total. The predicted molar refractivity (Wildman–Crippen MR) is 88.6 cm³/mol. The van der Waals surface area contributed by atoms with E-state index in [0.717, 1.165) is 19.3 Å². The Labute approximate surface area is 137 Å². The lowest BCUT2D eigenvalue weighted by Gasteiger charge is -2.16. The van der Waals surface area contributed by atoms with Crippen LogP contribution >= 0.6 is 12.4 Å². The summed E-state index contributed by atoms with van der Waals surface area (Å²) in [7, 11) is -2.18. The molecule has 8 heteroatoms. The second-order valence-electron chi connectivity index (χ2n) is 5.38. The van der Waals surface area contributed by atoms with Crippen LogP contribution in [0.1, 0.15) is 24.8 Å². The van der Waals surface area contributed by atoms with Crippen molar-refractivity contribution in [2.24, 2.45) is 11.7 Å². The van der Waals surface area contributed by atoms with E-state index in [0.29, 0.717) is 11.3 Å². The average Bonchev–Trinajstić information content (AvgIpc) is 2.87. The number of sulfonamides is 1. The third kappa shape index (κ3) is 3.98. The van der Waals surface area contributed by atoms with E-state index >= 15 is 0 Å². The highest BCUT2D eigenvalue weighted by Crippen LogP contribution is 2.26. The highest BCUT2D eigenvalue weighted by Gasteiger charge is 2.30. The minimum atomic E-state index is -3.54. The van der Waals surface area contributed by atoms with E-state index in [1.807, 2.05) is 0 Å². The van der Waals surface area contributed by atoms with E-state index in [2.05, 4.69) is 10.0 Å². The molecule has 0 aromatic heterocycles. The molecular weight excluding hydrogens is 326 g/mol. The summed E-state index contributed by atoms with van der Waals surface area (Å²) >= 11 is 0. The van der Waals surface area contributed by atoms with Gasteiger partial charge in [0.15, 0.2) is 0 Å². The number of benzene rings is 1. The minimum Gasteiger partial charge on any atom is -0.327 e. The highest BCUT2D eigenvalue weighted by atomic mass is 35.5. The average molecular weight is 348 g/mol. The number of nitrogens with two attached hydrogens (primary N) is 1. The summed E-state index contributed by atoms with van der Waals surface area (Å²) in [5, 5.41) is 2.77. The van der Waals surface area contributed by atoms with Crippen LogP contribution < -0.4 is 15.8 Å². The van der Waals surface area contributed by atoms with Crippen molar-refractivity contribution < 1.29 is 13.2 Å². The maximum Gasteiger partial charge on any atom is 0.240 e. The van der Waals surface area contributed by atoms with Gasteiger partial charge in [0.2, 0.25) is 15.9 Å². The van der Waals surface area contributed by atoms with Crippen LogP contribution in [-0.2, 0) is 14.8 Å². The molecule has 0 saturated heterocycles. The number of hydrogen-bond acceptors (Lipinski definition) is 4. The fraction of sp³-hybridized carbons (Fsp3) is 0.500. The lowest BCUT2D eigenvalue weighted by atomic mass is 10.0. The number of amides is 1. The summed E-state index contributed by atoms with van der Waals surface area (Å²) in [5.41, 5.74) is 7.01. The van der Waals surface area contributed by atoms with Gasteiger partial charge in [-0.15, -0.1) is 12.4 Å². The van der Waals surface area contributed by atoms with Crippen LogP contribution in [0, 0.1) is 12.8 Å². The summed E-state index contributed by atoms with van der Waals surface area (Å²) in [5.74, 6) is -0.340. The number of aryl methyl sites for hydroxylation is 1. The van der Waals surface area contributed by atoms with Crippen molar-refractivity contribution in [3.8, 4) is 0 Å². The summed E-state index contributed by atoms with van der Waals surface area (Å²) in [6.45, 7) is 1.71. The summed E-state index contributed by atoms with van der Waals surface area (Å²) < 4.78 is 26.1. The molecule has 2 unspecified atom stereocenters. The SMILES string of the molecule is CNS(=O)(=O)c1cc(NC(=O)C2CCCC2N)ccc1C.Cl. The van der Waals surface area contributed by atoms with E-state index in [1.54, 1.807) is 19.1 Å². The Bertz CT molecular complexity index is 649. The third-order valence-corrected chi connectivity index (χ3v) is 5.48. The maximum absolute atomic E-state index is 12.2. The highest BCUT2D eigenvalue weighted by molar-refractivity contribution is 7.89. The van der Waals surface area contributed by atoms with E-state index in [-0.39, 0.29) is 35.2 Å². The molecule has 1 fully saturated rings. The first-order chi connectivity index (χ1) is 9.85. The summed E-state index contributed by atoms with van der Waals surface area (Å²) in [4.78, 5) is 12.3. The number of anilines is 1. The van der Waals surface area contributed by atoms with Gasteiger partial charge in [0, 0.05) is 11.7 Å². The number of nitrogens with one attached hydrogen (secondary N) is 2. The normalized spacial score (nSPS) is 21.2. The first-order valence-electron chi connectivity index (χ1n) is 6.96. The molecule has 2 atom stereocenters. The fourth-order valence-corrected chi connectivity index (χ4v) is 3.62. The molecule has 1 aromatic carbocycles. The maximum atomic E-state index is 12.2. The first kappa shape index (κ1) is 18.9. The van der Waals surface area contributed by atoms with Crippen LogP contribution in [0.3, 0.4) is 0 Å². The third-order valence-electron chi connectivity index (χ3n) is 3.92. The Morgan fingerprint density at radius 1 is 1.32 bits per heavy atom. The zero-order valence-corrected chi connectivity index (χ0v) is 14.3. The molecule has 1 aromatic rings. The number of carbonyl (C=O) groups is 1. The quantitative estimate of drug-likeness (QED) is 0.766. The standard InChI is InChI=1S/C14H21N3O3S.ClH/c1-9-6-7-10(8-13(9)21(19,20)16-2)17-14(18)11-4-3-5-12(11)15;/h6-8,11-12,16H,3-5,15H2,1-2H3,(H,17,18);1H. The number of halogens is 1. The van der Waals surface area contributed by atoms with Crippen molar-refractivity contribution in [2.75, 3.05) is 12.4 Å². The number of hydrogen-bond donors (Lipinski definition) is 3. The monoisotopic (exact) mass is 347 g/mol. The van der Waals surface area contributed by atoms with Gasteiger partial charge in [-0.2, -0.15) is 0 Å². The molecule has 0 heterocycles. The number of rotatable bonds is 4. The largest absolute Gasteiger partial charge is 0.327 e. The Morgan fingerprint density at radius 3 is 2.55 bits per heavy atom. The van der Waals surface area contributed by atoms with Crippen molar-refractivity contribution in [3.05, 3.63) is 23.8 Å². The first-order valence-corrected chi connectivity index (χ1v) is 8.44. The van der Waals surface area contributed by atoms with E-state index in [1.165, 1.54) is 13.1 Å². The molecule has 1 amide bonds. The molecule has 124 valence electrons. The minimum absolute atomic E-state index is 0. The van der Waals surface area contributed by atoms with Crippen molar-refractivity contribution >= 4 is 34.0 Å². The Balaban J connectivity index is 0.00000242. The second-order valence-corrected chi connectivity index (χ2v) is 7.23. The molecular formula is C14H22ClN3O3S. The molecule has 1 saturated carbocycles. The molecule has 4 N–H and O–H groups in total. The van der Waals surface area contributed by atoms with E-state index in [9.17, 15) is 13.2 Å². The van der Waals surface area contributed by atoms with Gasteiger partial charge in [-0.1, -0.05) is 12.5 Å². The summed E-state index contributed by atoms with van der Waals surface area (Å²) in [6, 6.07) is 4.73. The second kappa shape index (κ2) is 7.41. The van der Waals surface area contributed by atoms with Crippen LogP contribution in [0.5, 0.6) is 0 Å².